The number of hydrogen-bond acceptors (Lipinski definition) is 5. The topological polar surface area (TPSA) is 74.7 Å². The predicted octanol–water partition coefficient (Wildman–Crippen LogP) is 6.03. The van der Waals surface area contributed by atoms with Gasteiger partial charge in [-0.2, -0.15) is 0 Å². The molecular formula is C30H29N3O3. The number of rotatable bonds is 7. The Bertz CT molecular complexity index is 1430. The van der Waals surface area contributed by atoms with Crippen molar-refractivity contribution in [2.45, 2.75) is 19.5 Å². The number of nitrogens with zero attached hydrogens (tertiary/aromatic N) is 2. The van der Waals surface area contributed by atoms with Gasteiger partial charge in [0.2, 0.25) is 0 Å². The van der Waals surface area contributed by atoms with E-state index < -0.39 is 5.97 Å². The van der Waals surface area contributed by atoms with Crippen molar-refractivity contribution >= 4 is 11.7 Å². The van der Waals surface area contributed by atoms with Crippen molar-refractivity contribution in [3.8, 4) is 28.0 Å². The third-order valence-corrected chi connectivity index (χ3v) is 6.95. The third-order valence-electron chi connectivity index (χ3n) is 6.95. The summed E-state index contributed by atoms with van der Waals surface area (Å²) in [5, 5.41) is 12.8. The molecule has 6 nitrogen and oxygen atoms in total. The Kier molecular flexibility index (Phi) is 6.44. The van der Waals surface area contributed by atoms with Crippen LogP contribution in [0.2, 0.25) is 0 Å². The van der Waals surface area contributed by atoms with Crippen LogP contribution in [0.15, 0.2) is 79.1 Å². The van der Waals surface area contributed by atoms with Gasteiger partial charge in [-0.3, -0.25) is 9.88 Å². The summed E-state index contributed by atoms with van der Waals surface area (Å²) in [7, 11) is 3.80. The number of aryl methyl sites for hydroxylation is 1. The second kappa shape index (κ2) is 9.84. The second-order valence-electron chi connectivity index (χ2n) is 9.18. The summed E-state index contributed by atoms with van der Waals surface area (Å²) >= 11 is 0. The molecule has 0 amide bonds. The fourth-order valence-corrected chi connectivity index (χ4v) is 5.08. The fourth-order valence-electron chi connectivity index (χ4n) is 5.08. The van der Waals surface area contributed by atoms with Gasteiger partial charge >= 0.3 is 5.97 Å². The van der Waals surface area contributed by atoms with Crippen LogP contribution in [-0.4, -0.2) is 41.7 Å². The second-order valence-corrected chi connectivity index (χ2v) is 9.18. The molecule has 3 aromatic carbocycles. The number of carbonyl (C=O) groups is 1. The number of nitrogens with one attached hydrogen (secondary N) is 1. The van der Waals surface area contributed by atoms with Crippen LogP contribution in [0.5, 0.6) is 5.75 Å². The summed E-state index contributed by atoms with van der Waals surface area (Å²) in [6.45, 7) is 3.59. The maximum absolute atomic E-state index is 11.5. The van der Waals surface area contributed by atoms with Crippen LogP contribution in [-0.2, 0) is 6.54 Å². The van der Waals surface area contributed by atoms with E-state index in [1.165, 1.54) is 40.1 Å². The number of carboxylic acid groups (broad SMARTS) is 1. The van der Waals surface area contributed by atoms with E-state index in [0.717, 1.165) is 23.4 Å². The van der Waals surface area contributed by atoms with Gasteiger partial charge < -0.3 is 15.2 Å². The standard InChI is InChI=1S/C30H29N3O3/c1-19-14-20(25-6-4-5-7-29(25)36-3)8-10-23(19)21-9-11-24-22(15-21)18-33(2)28(24)17-32-27-16-31-13-12-26(27)30(34)35/h4-16,28,32H,17-18H2,1-3H3,(H,34,35)/t28-/m1/s1. The van der Waals surface area contributed by atoms with E-state index in [1.54, 1.807) is 13.3 Å². The zero-order valence-corrected chi connectivity index (χ0v) is 20.7. The number of aromatic nitrogens is 1. The average molecular weight is 480 g/mol. The summed E-state index contributed by atoms with van der Waals surface area (Å²) in [6.07, 6.45) is 3.07. The van der Waals surface area contributed by atoms with E-state index in [9.17, 15) is 9.90 Å². The monoisotopic (exact) mass is 479 g/mol. The van der Waals surface area contributed by atoms with Crippen molar-refractivity contribution in [2.75, 3.05) is 26.0 Å². The quantitative estimate of drug-likeness (QED) is 0.337. The van der Waals surface area contributed by atoms with E-state index in [2.05, 4.69) is 71.6 Å². The number of fused-ring (bicyclic) bond motifs is 1. The van der Waals surface area contributed by atoms with Crippen LogP contribution >= 0.6 is 0 Å². The molecule has 0 radical (unpaired) electrons. The summed E-state index contributed by atoms with van der Waals surface area (Å²) < 4.78 is 5.55. The number of anilines is 1. The number of carboxylic acids is 1. The third kappa shape index (κ3) is 4.43. The minimum atomic E-state index is -0.961. The molecule has 4 aromatic rings. The highest BCUT2D eigenvalue weighted by molar-refractivity contribution is 5.93. The molecule has 5 rings (SSSR count). The molecular weight excluding hydrogens is 450 g/mol. The van der Waals surface area contributed by atoms with Gasteiger partial charge in [0.05, 0.1) is 30.6 Å². The average Bonchev–Trinajstić information content (AvgIpc) is 3.21. The van der Waals surface area contributed by atoms with Crippen molar-refractivity contribution in [1.29, 1.82) is 0 Å². The van der Waals surface area contributed by atoms with Gasteiger partial charge in [0.15, 0.2) is 0 Å². The molecule has 0 aliphatic carbocycles. The Morgan fingerprint density at radius 3 is 2.64 bits per heavy atom. The van der Waals surface area contributed by atoms with Gasteiger partial charge in [0.1, 0.15) is 5.75 Å². The Hall–Kier alpha value is -4.16. The maximum Gasteiger partial charge on any atom is 0.337 e. The molecule has 0 unspecified atom stereocenters. The molecule has 1 atom stereocenters. The molecule has 1 aliphatic heterocycles. The SMILES string of the molecule is COc1ccccc1-c1ccc(-c2ccc3c(c2)CN(C)[C@@H]3CNc2cnccc2C(=O)O)c(C)c1. The number of pyridine rings is 1. The summed E-state index contributed by atoms with van der Waals surface area (Å²) in [6, 6.07) is 23.0. The van der Waals surface area contributed by atoms with Crippen molar-refractivity contribution < 1.29 is 14.6 Å². The summed E-state index contributed by atoms with van der Waals surface area (Å²) in [4.78, 5) is 17.9. The van der Waals surface area contributed by atoms with Crippen molar-refractivity contribution in [1.82, 2.24) is 9.88 Å². The molecule has 6 heteroatoms. The van der Waals surface area contributed by atoms with Crippen molar-refractivity contribution in [3.05, 3.63) is 101 Å². The largest absolute Gasteiger partial charge is 0.496 e. The van der Waals surface area contributed by atoms with Gasteiger partial charge in [-0.25, -0.2) is 4.79 Å². The van der Waals surface area contributed by atoms with Crippen molar-refractivity contribution in [2.24, 2.45) is 0 Å². The molecule has 1 aliphatic rings. The van der Waals surface area contributed by atoms with Gasteiger partial charge in [-0.1, -0.05) is 48.5 Å². The van der Waals surface area contributed by atoms with Crippen molar-refractivity contribution in [3.63, 3.8) is 0 Å². The lowest BCUT2D eigenvalue weighted by molar-refractivity contribution is 0.0697. The molecule has 0 bridgehead atoms. The lowest BCUT2D eigenvalue weighted by Crippen LogP contribution is -2.24. The molecule has 0 saturated heterocycles. The van der Waals surface area contributed by atoms with Gasteiger partial charge in [-0.15, -0.1) is 0 Å². The number of methoxy groups -OCH3 is 1. The van der Waals surface area contributed by atoms with E-state index in [4.69, 9.17) is 4.74 Å². The Balaban J connectivity index is 1.39. The van der Waals surface area contributed by atoms with Crippen LogP contribution < -0.4 is 10.1 Å². The summed E-state index contributed by atoms with van der Waals surface area (Å²) in [5.74, 6) is -0.0940. The Labute approximate surface area is 211 Å². The lowest BCUT2D eigenvalue weighted by atomic mass is 9.93. The summed E-state index contributed by atoms with van der Waals surface area (Å²) in [5.41, 5.74) is 9.15. The first kappa shape index (κ1) is 23.6. The normalized spacial score (nSPS) is 14.9. The number of likely N-dealkylation sites (N-methyl/N-ethyl adjacent to an activating group) is 1. The van der Waals surface area contributed by atoms with Crippen LogP contribution in [0.25, 0.3) is 22.3 Å². The number of aromatic carboxylic acids is 1. The number of benzene rings is 3. The number of hydrogen-bond donors (Lipinski definition) is 2. The number of para-hydroxylation sites is 1. The van der Waals surface area contributed by atoms with E-state index in [1.807, 2.05) is 18.2 Å². The predicted molar refractivity (Wildman–Crippen MR) is 142 cm³/mol. The zero-order valence-electron chi connectivity index (χ0n) is 20.7. The van der Waals surface area contributed by atoms with Gasteiger partial charge in [0.25, 0.3) is 0 Å². The first-order chi connectivity index (χ1) is 17.5. The highest BCUT2D eigenvalue weighted by Crippen LogP contribution is 2.38. The first-order valence-electron chi connectivity index (χ1n) is 11.9. The molecule has 1 aromatic heterocycles. The van der Waals surface area contributed by atoms with Gasteiger partial charge in [0, 0.05) is 24.8 Å². The van der Waals surface area contributed by atoms with Crippen LogP contribution in [0.3, 0.4) is 0 Å². The maximum atomic E-state index is 11.5. The van der Waals surface area contributed by atoms with Crippen LogP contribution in [0.1, 0.15) is 33.1 Å². The lowest BCUT2D eigenvalue weighted by Gasteiger charge is -2.22. The molecule has 2 heterocycles. The first-order valence-corrected chi connectivity index (χ1v) is 11.9. The highest BCUT2D eigenvalue weighted by Gasteiger charge is 2.28. The van der Waals surface area contributed by atoms with E-state index in [0.29, 0.717) is 12.2 Å². The zero-order chi connectivity index (χ0) is 25.2. The molecule has 0 spiro atoms. The van der Waals surface area contributed by atoms with Gasteiger partial charge in [-0.05, 0) is 65.6 Å². The molecule has 0 saturated carbocycles. The molecule has 182 valence electrons. The molecule has 36 heavy (non-hydrogen) atoms. The molecule has 0 fully saturated rings. The Morgan fingerprint density at radius 1 is 1.08 bits per heavy atom. The van der Waals surface area contributed by atoms with E-state index >= 15 is 0 Å². The fraction of sp³-hybridized carbons (Fsp3) is 0.200. The van der Waals surface area contributed by atoms with E-state index in [-0.39, 0.29) is 11.6 Å². The Morgan fingerprint density at radius 2 is 1.86 bits per heavy atom. The van der Waals surface area contributed by atoms with Crippen LogP contribution in [0, 0.1) is 6.92 Å². The highest BCUT2D eigenvalue weighted by atomic mass is 16.5. The molecule has 2 N–H and O–H groups in total. The minimum absolute atomic E-state index is 0.143. The smallest absolute Gasteiger partial charge is 0.337 e. The number of ether oxygens (including phenoxy) is 1. The minimum Gasteiger partial charge on any atom is -0.496 e. The van der Waals surface area contributed by atoms with Crippen LogP contribution in [0.4, 0.5) is 5.69 Å².